The summed E-state index contributed by atoms with van der Waals surface area (Å²) in [5.74, 6) is 1.12. The Bertz CT molecular complexity index is 767. The van der Waals surface area contributed by atoms with Crippen molar-refractivity contribution in [1.29, 1.82) is 0 Å². The summed E-state index contributed by atoms with van der Waals surface area (Å²) in [4.78, 5) is 24.8. The molecule has 2 saturated heterocycles. The van der Waals surface area contributed by atoms with Crippen molar-refractivity contribution in [3.05, 3.63) is 23.7 Å². The molecule has 0 saturated carbocycles. The molecule has 4 heterocycles. The maximum absolute atomic E-state index is 12.3. The third-order valence-electron chi connectivity index (χ3n) is 5.11. The molecule has 134 valence electrons. The van der Waals surface area contributed by atoms with Crippen molar-refractivity contribution >= 4 is 44.9 Å². The third-order valence-corrected chi connectivity index (χ3v) is 7.34. The summed E-state index contributed by atoms with van der Waals surface area (Å²) in [5.41, 5.74) is 1.32. The van der Waals surface area contributed by atoms with E-state index in [1.165, 1.54) is 11.1 Å². The van der Waals surface area contributed by atoms with Crippen LogP contribution in [-0.2, 0) is 4.79 Å². The van der Waals surface area contributed by atoms with E-state index in [0.717, 1.165) is 50.0 Å². The number of hydrogen-bond donors (Lipinski definition) is 0. The van der Waals surface area contributed by atoms with Crippen molar-refractivity contribution in [1.82, 2.24) is 14.8 Å². The molecule has 0 N–H and O–H groups in total. The van der Waals surface area contributed by atoms with E-state index in [4.69, 9.17) is 0 Å². The van der Waals surface area contributed by atoms with E-state index in [1.807, 2.05) is 31.0 Å². The Kier molecular flexibility index (Phi) is 4.64. The number of rotatable bonds is 4. The van der Waals surface area contributed by atoms with E-state index in [-0.39, 0.29) is 10.7 Å². The number of anilines is 1. The number of nitrogens with zero attached hydrogens (tertiary/aromatic N) is 4. The quantitative estimate of drug-likeness (QED) is 0.821. The van der Waals surface area contributed by atoms with Gasteiger partial charge in [0.05, 0.1) is 16.3 Å². The predicted molar refractivity (Wildman–Crippen MR) is 107 cm³/mol. The summed E-state index contributed by atoms with van der Waals surface area (Å²) in [5, 5.41) is 3.50. The van der Waals surface area contributed by atoms with Gasteiger partial charge in [-0.15, -0.1) is 23.1 Å². The largest absolute Gasteiger partial charge is 0.368 e. The highest BCUT2D eigenvalue weighted by atomic mass is 32.2. The Morgan fingerprint density at radius 3 is 2.72 bits per heavy atom. The molecule has 2 aliphatic rings. The van der Waals surface area contributed by atoms with E-state index in [1.54, 1.807) is 23.1 Å². The van der Waals surface area contributed by atoms with Crippen molar-refractivity contribution < 1.29 is 4.79 Å². The van der Waals surface area contributed by atoms with Gasteiger partial charge in [-0.25, -0.2) is 4.98 Å². The van der Waals surface area contributed by atoms with Crippen molar-refractivity contribution in [2.45, 2.75) is 18.6 Å². The molecule has 1 amide bonds. The first-order chi connectivity index (χ1) is 12.0. The molecule has 2 aromatic rings. The molecule has 2 aromatic heterocycles. The number of thiophene rings is 1. The number of aromatic nitrogens is 1. The fraction of sp³-hybridized carbons (Fsp3) is 0.556. The topological polar surface area (TPSA) is 39.7 Å². The minimum Gasteiger partial charge on any atom is -0.368 e. The van der Waals surface area contributed by atoms with Gasteiger partial charge >= 0.3 is 0 Å². The van der Waals surface area contributed by atoms with Gasteiger partial charge in [-0.3, -0.25) is 9.69 Å². The normalized spacial score (nSPS) is 21.4. The van der Waals surface area contributed by atoms with Gasteiger partial charge in [-0.05, 0) is 26.0 Å². The number of amides is 1. The molecule has 0 atom stereocenters. The number of fused-ring (bicyclic) bond motifs is 1. The van der Waals surface area contributed by atoms with E-state index in [2.05, 4.69) is 26.2 Å². The first kappa shape index (κ1) is 17.1. The van der Waals surface area contributed by atoms with Crippen LogP contribution in [0.5, 0.6) is 0 Å². The van der Waals surface area contributed by atoms with Gasteiger partial charge in [-0.2, -0.15) is 0 Å². The number of carbonyl (C=O) groups excluding carboxylic acids is 1. The molecule has 0 spiro atoms. The van der Waals surface area contributed by atoms with Crippen LogP contribution in [0, 0.1) is 0 Å². The van der Waals surface area contributed by atoms with Gasteiger partial charge in [-0.1, -0.05) is 0 Å². The number of carbonyl (C=O) groups is 1. The summed E-state index contributed by atoms with van der Waals surface area (Å²) in [6.45, 7) is 10.1. The van der Waals surface area contributed by atoms with Gasteiger partial charge in [0, 0.05) is 56.2 Å². The van der Waals surface area contributed by atoms with Crippen LogP contribution in [0.2, 0.25) is 0 Å². The first-order valence-corrected chi connectivity index (χ1v) is 10.6. The van der Waals surface area contributed by atoms with Crippen LogP contribution < -0.4 is 4.90 Å². The zero-order valence-electron chi connectivity index (χ0n) is 14.8. The van der Waals surface area contributed by atoms with Crippen LogP contribution in [-0.4, -0.2) is 70.6 Å². The fourth-order valence-electron chi connectivity index (χ4n) is 3.48. The Morgan fingerprint density at radius 2 is 2.00 bits per heavy atom. The van der Waals surface area contributed by atoms with E-state index in [9.17, 15) is 4.79 Å². The number of thioether (sulfide) groups is 1. The highest BCUT2D eigenvalue weighted by Crippen LogP contribution is 2.34. The minimum atomic E-state index is -0.243. The van der Waals surface area contributed by atoms with Crippen LogP contribution in [0.3, 0.4) is 0 Å². The van der Waals surface area contributed by atoms with Gasteiger partial charge in [0.25, 0.3) is 0 Å². The molecule has 0 radical (unpaired) electrons. The van der Waals surface area contributed by atoms with Crippen molar-refractivity contribution in [3.8, 4) is 0 Å². The molecule has 2 aliphatic heterocycles. The van der Waals surface area contributed by atoms with Crippen LogP contribution >= 0.6 is 23.1 Å². The summed E-state index contributed by atoms with van der Waals surface area (Å²) in [7, 11) is 0. The second kappa shape index (κ2) is 6.78. The molecule has 0 unspecified atom stereocenters. The maximum Gasteiger partial charge on any atom is 0.239 e. The Hall–Kier alpha value is -1.31. The zero-order chi connectivity index (χ0) is 17.4. The second-order valence-corrected chi connectivity index (χ2v) is 9.58. The molecule has 2 fully saturated rings. The highest BCUT2D eigenvalue weighted by Gasteiger charge is 2.39. The second-order valence-electron chi connectivity index (χ2n) is 7.16. The van der Waals surface area contributed by atoms with Crippen LogP contribution in [0.15, 0.2) is 23.7 Å². The lowest BCUT2D eigenvalue weighted by atomic mass is 10.2. The zero-order valence-corrected chi connectivity index (χ0v) is 16.4. The number of pyridine rings is 1. The van der Waals surface area contributed by atoms with Crippen molar-refractivity contribution in [2.24, 2.45) is 0 Å². The molecule has 25 heavy (non-hydrogen) atoms. The van der Waals surface area contributed by atoms with Crippen LogP contribution in [0.25, 0.3) is 10.2 Å². The molecule has 5 nitrogen and oxygen atoms in total. The fourth-order valence-corrected chi connectivity index (χ4v) is 5.38. The van der Waals surface area contributed by atoms with Crippen LogP contribution in [0.1, 0.15) is 13.8 Å². The van der Waals surface area contributed by atoms with Gasteiger partial charge < -0.3 is 9.80 Å². The first-order valence-electron chi connectivity index (χ1n) is 8.77. The number of hydrogen-bond acceptors (Lipinski definition) is 6. The third kappa shape index (κ3) is 3.37. The standard InChI is InChI=1S/C18H24N4OS2/c1-18(2)17(23)22(13-25-18)11-8-20-6-9-21(10-7-20)15-12-24-16-14(15)4-3-5-19-16/h3-5,12H,6-11,13H2,1-2H3. The SMILES string of the molecule is CC1(C)SCN(CCN2CCN(c3csc4ncccc34)CC2)C1=O. The van der Waals surface area contributed by atoms with Gasteiger partial charge in [0.15, 0.2) is 0 Å². The number of piperazine rings is 1. The molecular formula is C18H24N4OS2. The Morgan fingerprint density at radius 1 is 1.20 bits per heavy atom. The molecule has 0 aliphatic carbocycles. The monoisotopic (exact) mass is 376 g/mol. The summed E-state index contributed by atoms with van der Waals surface area (Å²) in [6, 6.07) is 4.18. The lowest BCUT2D eigenvalue weighted by molar-refractivity contribution is -0.130. The molecule has 7 heteroatoms. The summed E-state index contributed by atoms with van der Waals surface area (Å²) in [6.07, 6.45) is 1.86. The molecule has 0 aromatic carbocycles. The van der Waals surface area contributed by atoms with Gasteiger partial charge in [0.2, 0.25) is 5.91 Å². The lowest BCUT2D eigenvalue weighted by Crippen LogP contribution is -2.49. The predicted octanol–water partition coefficient (Wildman–Crippen LogP) is 2.73. The summed E-state index contributed by atoms with van der Waals surface area (Å²) >= 11 is 3.47. The van der Waals surface area contributed by atoms with Crippen molar-refractivity contribution in [2.75, 3.05) is 50.0 Å². The average Bonchev–Trinajstić information content (AvgIpc) is 3.16. The average molecular weight is 377 g/mol. The van der Waals surface area contributed by atoms with Gasteiger partial charge in [0.1, 0.15) is 4.83 Å². The maximum atomic E-state index is 12.3. The van der Waals surface area contributed by atoms with E-state index >= 15 is 0 Å². The molecule has 0 bridgehead atoms. The van der Waals surface area contributed by atoms with Crippen molar-refractivity contribution in [3.63, 3.8) is 0 Å². The summed E-state index contributed by atoms with van der Waals surface area (Å²) < 4.78 is -0.243. The molecule has 4 rings (SSSR count). The molecular weight excluding hydrogens is 352 g/mol. The lowest BCUT2D eigenvalue weighted by Gasteiger charge is -2.36. The van der Waals surface area contributed by atoms with Crippen LogP contribution in [0.4, 0.5) is 5.69 Å². The Labute approximate surface area is 157 Å². The smallest absolute Gasteiger partial charge is 0.239 e. The van der Waals surface area contributed by atoms with E-state index in [0.29, 0.717) is 0 Å². The Balaban J connectivity index is 1.31. The van der Waals surface area contributed by atoms with E-state index < -0.39 is 0 Å². The minimum absolute atomic E-state index is 0.243. The highest BCUT2D eigenvalue weighted by molar-refractivity contribution is 8.01.